The molecule has 0 spiro atoms. The molecule has 0 aromatic carbocycles. The number of nitrogens with two attached hydrogens (primary N) is 1. The summed E-state index contributed by atoms with van der Waals surface area (Å²) in [6, 6.07) is -0.0602. The first-order chi connectivity index (χ1) is 4.22. The van der Waals surface area contributed by atoms with Crippen molar-refractivity contribution in [2.75, 3.05) is 7.11 Å². The van der Waals surface area contributed by atoms with Gasteiger partial charge in [-0.1, -0.05) is 13.3 Å². The van der Waals surface area contributed by atoms with Gasteiger partial charge in [0.05, 0.1) is 13.2 Å². The summed E-state index contributed by atoms with van der Waals surface area (Å²) in [6.45, 7) is 2.07. The molecular formula is C6H14ClNOS. The summed E-state index contributed by atoms with van der Waals surface area (Å²) >= 11 is 4.80. The first-order valence-electron chi connectivity index (χ1n) is 3.05. The molecule has 0 aromatic heterocycles. The molecule has 0 unspecified atom stereocenters. The lowest BCUT2D eigenvalue weighted by Crippen LogP contribution is -2.29. The van der Waals surface area contributed by atoms with Crippen molar-refractivity contribution in [2.24, 2.45) is 5.73 Å². The van der Waals surface area contributed by atoms with Crippen LogP contribution in [0.4, 0.5) is 0 Å². The molecule has 0 saturated heterocycles. The normalized spacial score (nSPS) is 11.5. The van der Waals surface area contributed by atoms with Crippen molar-refractivity contribution in [2.45, 2.75) is 25.8 Å². The fourth-order valence-corrected chi connectivity index (χ4v) is 0.698. The maximum absolute atomic E-state index is 5.57. The van der Waals surface area contributed by atoms with E-state index in [1.54, 1.807) is 7.11 Å². The average Bonchev–Trinajstić information content (AvgIpc) is 1.87. The Bertz CT molecular complexity index is 99.7. The lowest BCUT2D eigenvalue weighted by molar-refractivity contribution is 0.390. The number of rotatable bonds is 3. The minimum atomic E-state index is -0.0602. The molecule has 0 aromatic rings. The van der Waals surface area contributed by atoms with Crippen LogP contribution in [-0.4, -0.2) is 18.2 Å². The Morgan fingerprint density at radius 3 is 2.50 bits per heavy atom. The van der Waals surface area contributed by atoms with E-state index in [0.717, 1.165) is 12.8 Å². The number of ether oxygens (including phenoxy) is 1. The highest BCUT2D eigenvalue weighted by Gasteiger charge is 2.05. The minimum Gasteiger partial charge on any atom is -0.489 e. The molecular weight excluding hydrogens is 170 g/mol. The zero-order valence-electron chi connectivity index (χ0n) is 6.29. The molecule has 0 heterocycles. The second-order valence-electron chi connectivity index (χ2n) is 1.92. The SMILES string of the molecule is CCC[C@H](N)C(=S)OC.Cl. The van der Waals surface area contributed by atoms with Crippen molar-refractivity contribution in [1.29, 1.82) is 0 Å². The maximum atomic E-state index is 5.57. The maximum Gasteiger partial charge on any atom is 0.176 e. The van der Waals surface area contributed by atoms with Crippen LogP contribution in [0.2, 0.25) is 0 Å². The van der Waals surface area contributed by atoms with Crippen molar-refractivity contribution in [3.63, 3.8) is 0 Å². The van der Waals surface area contributed by atoms with Crippen LogP contribution in [0.15, 0.2) is 0 Å². The first-order valence-corrected chi connectivity index (χ1v) is 3.46. The van der Waals surface area contributed by atoms with Crippen LogP contribution in [0.5, 0.6) is 0 Å². The third kappa shape index (κ3) is 4.97. The summed E-state index contributed by atoms with van der Waals surface area (Å²) in [7, 11) is 1.55. The van der Waals surface area contributed by atoms with Gasteiger partial charge in [-0.3, -0.25) is 0 Å². The van der Waals surface area contributed by atoms with Gasteiger partial charge in [-0.25, -0.2) is 0 Å². The van der Waals surface area contributed by atoms with Crippen molar-refractivity contribution in [3.05, 3.63) is 0 Å². The van der Waals surface area contributed by atoms with Crippen molar-refractivity contribution >= 4 is 29.7 Å². The summed E-state index contributed by atoms with van der Waals surface area (Å²) in [5, 5.41) is 0.511. The zero-order valence-corrected chi connectivity index (χ0v) is 7.93. The summed E-state index contributed by atoms with van der Waals surface area (Å²) in [5.41, 5.74) is 5.57. The topological polar surface area (TPSA) is 35.2 Å². The van der Waals surface area contributed by atoms with Gasteiger partial charge < -0.3 is 10.5 Å². The smallest absolute Gasteiger partial charge is 0.176 e. The van der Waals surface area contributed by atoms with E-state index in [4.69, 9.17) is 22.7 Å². The van der Waals surface area contributed by atoms with E-state index < -0.39 is 0 Å². The quantitative estimate of drug-likeness (QED) is 0.674. The Hall–Kier alpha value is 0.140. The molecule has 62 valence electrons. The summed E-state index contributed by atoms with van der Waals surface area (Å²) in [6.07, 6.45) is 1.96. The van der Waals surface area contributed by atoms with E-state index in [0.29, 0.717) is 5.05 Å². The van der Waals surface area contributed by atoms with E-state index in [-0.39, 0.29) is 18.4 Å². The molecule has 0 amide bonds. The van der Waals surface area contributed by atoms with E-state index in [1.807, 2.05) is 0 Å². The number of hydrogen-bond acceptors (Lipinski definition) is 3. The van der Waals surface area contributed by atoms with Crippen molar-refractivity contribution < 1.29 is 4.74 Å². The predicted octanol–water partition coefficient (Wildman–Crippen LogP) is 1.51. The van der Waals surface area contributed by atoms with Gasteiger partial charge in [0.1, 0.15) is 0 Å². The van der Waals surface area contributed by atoms with Crippen LogP contribution in [0.3, 0.4) is 0 Å². The average molecular weight is 184 g/mol. The van der Waals surface area contributed by atoms with E-state index in [1.165, 1.54) is 0 Å². The summed E-state index contributed by atoms with van der Waals surface area (Å²) < 4.78 is 4.77. The Kier molecular flexibility index (Phi) is 9.27. The molecule has 0 rings (SSSR count). The molecule has 0 aliphatic carbocycles. The largest absolute Gasteiger partial charge is 0.489 e. The fourth-order valence-electron chi connectivity index (χ4n) is 0.580. The number of hydrogen-bond donors (Lipinski definition) is 1. The molecule has 0 aliphatic rings. The summed E-state index contributed by atoms with van der Waals surface area (Å²) in [4.78, 5) is 0. The number of methoxy groups -OCH3 is 1. The van der Waals surface area contributed by atoms with Crippen LogP contribution in [0.1, 0.15) is 19.8 Å². The molecule has 1 atom stereocenters. The summed E-state index contributed by atoms with van der Waals surface area (Å²) in [5.74, 6) is 0. The van der Waals surface area contributed by atoms with Gasteiger partial charge in [-0.15, -0.1) is 12.4 Å². The van der Waals surface area contributed by atoms with Gasteiger partial charge in [0, 0.05) is 0 Å². The molecule has 0 saturated carbocycles. The highest BCUT2D eigenvalue weighted by Crippen LogP contribution is 1.96. The number of halogens is 1. The van der Waals surface area contributed by atoms with Gasteiger partial charge >= 0.3 is 0 Å². The lowest BCUT2D eigenvalue weighted by atomic mass is 10.2. The molecule has 0 bridgehead atoms. The third-order valence-electron chi connectivity index (χ3n) is 1.10. The van der Waals surface area contributed by atoms with Crippen LogP contribution in [-0.2, 0) is 4.74 Å². The second-order valence-corrected chi connectivity index (χ2v) is 2.32. The van der Waals surface area contributed by atoms with Crippen LogP contribution in [0.25, 0.3) is 0 Å². The Morgan fingerprint density at radius 1 is 1.70 bits per heavy atom. The predicted molar refractivity (Wildman–Crippen MR) is 49.7 cm³/mol. The van der Waals surface area contributed by atoms with E-state index in [9.17, 15) is 0 Å². The van der Waals surface area contributed by atoms with E-state index >= 15 is 0 Å². The highest BCUT2D eigenvalue weighted by molar-refractivity contribution is 7.80. The fraction of sp³-hybridized carbons (Fsp3) is 0.833. The molecule has 2 nitrogen and oxygen atoms in total. The van der Waals surface area contributed by atoms with Gasteiger partial charge in [-0.2, -0.15) is 0 Å². The molecule has 0 fully saturated rings. The second kappa shape index (κ2) is 7.25. The van der Waals surface area contributed by atoms with Crippen LogP contribution < -0.4 is 5.73 Å². The van der Waals surface area contributed by atoms with Gasteiger partial charge in [0.25, 0.3) is 0 Å². The molecule has 0 aliphatic heterocycles. The van der Waals surface area contributed by atoms with Crippen LogP contribution in [0, 0.1) is 0 Å². The monoisotopic (exact) mass is 183 g/mol. The lowest BCUT2D eigenvalue weighted by Gasteiger charge is -2.08. The first kappa shape index (κ1) is 12.8. The number of thiocarbonyl (C=S) groups is 1. The molecule has 4 heteroatoms. The zero-order chi connectivity index (χ0) is 7.28. The molecule has 0 radical (unpaired) electrons. The Morgan fingerprint density at radius 2 is 2.20 bits per heavy atom. The Labute approximate surface area is 73.5 Å². The Balaban J connectivity index is 0. The molecule has 10 heavy (non-hydrogen) atoms. The van der Waals surface area contributed by atoms with Crippen molar-refractivity contribution in [1.82, 2.24) is 0 Å². The van der Waals surface area contributed by atoms with Crippen molar-refractivity contribution in [3.8, 4) is 0 Å². The van der Waals surface area contributed by atoms with Gasteiger partial charge in [0.15, 0.2) is 5.05 Å². The standard InChI is InChI=1S/C6H13NOS.ClH/c1-3-4-5(7)6(9)8-2;/h5H,3-4,7H2,1-2H3;1H/t5-;/m0./s1. The minimum absolute atomic E-state index is 0. The third-order valence-corrected chi connectivity index (χ3v) is 1.57. The van der Waals surface area contributed by atoms with E-state index in [2.05, 4.69) is 6.92 Å². The molecule has 2 N–H and O–H groups in total. The van der Waals surface area contributed by atoms with Crippen LogP contribution >= 0.6 is 24.6 Å². The highest BCUT2D eigenvalue weighted by atomic mass is 35.5. The van der Waals surface area contributed by atoms with Gasteiger partial charge in [-0.05, 0) is 18.6 Å². The van der Waals surface area contributed by atoms with Gasteiger partial charge in [0.2, 0.25) is 0 Å².